The molecule has 0 saturated carbocycles. The SMILES string of the molecule is CCCOCCN1CCN(c2nc(CCN)nc3ccccc23)CC1. The topological polar surface area (TPSA) is 67.5 Å². The number of nitrogens with zero attached hydrogens (tertiary/aromatic N) is 4. The summed E-state index contributed by atoms with van der Waals surface area (Å²) >= 11 is 0. The van der Waals surface area contributed by atoms with E-state index in [0.717, 1.165) is 74.9 Å². The van der Waals surface area contributed by atoms with Crippen LogP contribution in [0.25, 0.3) is 10.9 Å². The fraction of sp³-hybridized carbons (Fsp3) is 0.579. The summed E-state index contributed by atoms with van der Waals surface area (Å²) in [7, 11) is 0. The highest BCUT2D eigenvalue weighted by molar-refractivity contribution is 5.89. The van der Waals surface area contributed by atoms with Gasteiger partial charge in [0.1, 0.15) is 11.6 Å². The molecule has 0 radical (unpaired) electrons. The Balaban J connectivity index is 1.68. The van der Waals surface area contributed by atoms with Crippen molar-refractivity contribution < 1.29 is 4.74 Å². The average Bonchev–Trinajstić information content (AvgIpc) is 2.65. The fourth-order valence-corrected chi connectivity index (χ4v) is 3.21. The van der Waals surface area contributed by atoms with Gasteiger partial charge in [0.05, 0.1) is 12.1 Å². The van der Waals surface area contributed by atoms with Crippen molar-refractivity contribution in [3.63, 3.8) is 0 Å². The third-order valence-electron chi connectivity index (χ3n) is 4.57. The molecule has 136 valence electrons. The van der Waals surface area contributed by atoms with Crippen molar-refractivity contribution in [2.75, 3.05) is 57.4 Å². The van der Waals surface area contributed by atoms with Crippen molar-refractivity contribution in [3.05, 3.63) is 30.1 Å². The summed E-state index contributed by atoms with van der Waals surface area (Å²) in [6, 6.07) is 8.25. The van der Waals surface area contributed by atoms with E-state index in [-0.39, 0.29) is 0 Å². The summed E-state index contributed by atoms with van der Waals surface area (Å²) in [6.07, 6.45) is 1.80. The zero-order valence-electron chi connectivity index (χ0n) is 15.2. The van der Waals surface area contributed by atoms with Crippen LogP contribution in [-0.2, 0) is 11.2 Å². The third kappa shape index (κ3) is 4.66. The molecule has 0 spiro atoms. The molecule has 25 heavy (non-hydrogen) atoms. The second-order valence-electron chi connectivity index (χ2n) is 6.46. The number of para-hydroxylation sites is 1. The second-order valence-corrected chi connectivity index (χ2v) is 6.46. The summed E-state index contributed by atoms with van der Waals surface area (Å²) in [5.74, 6) is 1.89. The highest BCUT2D eigenvalue weighted by atomic mass is 16.5. The van der Waals surface area contributed by atoms with Crippen LogP contribution in [0.15, 0.2) is 24.3 Å². The van der Waals surface area contributed by atoms with Crippen LogP contribution >= 0.6 is 0 Å². The number of fused-ring (bicyclic) bond motifs is 1. The van der Waals surface area contributed by atoms with Gasteiger partial charge in [-0.1, -0.05) is 19.1 Å². The number of aromatic nitrogens is 2. The molecular formula is C19H29N5O. The number of ether oxygens (including phenoxy) is 1. The first-order valence-electron chi connectivity index (χ1n) is 9.32. The molecule has 1 aliphatic heterocycles. The molecule has 0 atom stereocenters. The Labute approximate surface area is 150 Å². The molecule has 0 bridgehead atoms. The molecule has 2 heterocycles. The van der Waals surface area contributed by atoms with Crippen LogP contribution in [0.1, 0.15) is 19.2 Å². The number of hydrogen-bond acceptors (Lipinski definition) is 6. The van der Waals surface area contributed by atoms with Crippen LogP contribution in [0, 0.1) is 0 Å². The Morgan fingerprint density at radius 2 is 1.88 bits per heavy atom. The van der Waals surface area contributed by atoms with Gasteiger partial charge in [-0.25, -0.2) is 9.97 Å². The fourth-order valence-electron chi connectivity index (χ4n) is 3.21. The minimum Gasteiger partial charge on any atom is -0.380 e. The number of benzene rings is 1. The van der Waals surface area contributed by atoms with Crippen LogP contribution in [-0.4, -0.2) is 67.4 Å². The van der Waals surface area contributed by atoms with Crippen molar-refractivity contribution >= 4 is 16.7 Å². The van der Waals surface area contributed by atoms with E-state index in [9.17, 15) is 0 Å². The lowest BCUT2D eigenvalue weighted by Gasteiger charge is -2.35. The average molecular weight is 343 g/mol. The quantitative estimate of drug-likeness (QED) is 0.736. The summed E-state index contributed by atoms with van der Waals surface area (Å²) in [5.41, 5.74) is 6.71. The lowest BCUT2D eigenvalue weighted by molar-refractivity contribution is 0.102. The van der Waals surface area contributed by atoms with Crippen molar-refractivity contribution in [1.82, 2.24) is 14.9 Å². The van der Waals surface area contributed by atoms with E-state index in [0.29, 0.717) is 13.0 Å². The first-order valence-corrected chi connectivity index (χ1v) is 9.32. The Morgan fingerprint density at radius 3 is 2.64 bits per heavy atom. The molecular weight excluding hydrogens is 314 g/mol. The van der Waals surface area contributed by atoms with Crippen molar-refractivity contribution in [2.24, 2.45) is 5.73 Å². The molecule has 2 aromatic rings. The Morgan fingerprint density at radius 1 is 1.08 bits per heavy atom. The van der Waals surface area contributed by atoms with Crippen molar-refractivity contribution in [3.8, 4) is 0 Å². The van der Waals surface area contributed by atoms with Crippen LogP contribution < -0.4 is 10.6 Å². The third-order valence-corrected chi connectivity index (χ3v) is 4.57. The van der Waals surface area contributed by atoms with Gasteiger partial charge in [0.15, 0.2) is 0 Å². The normalized spacial score (nSPS) is 15.8. The maximum absolute atomic E-state index is 5.71. The highest BCUT2D eigenvalue weighted by Crippen LogP contribution is 2.25. The number of rotatable bonds is 8. The molecule has 1 aliphatic rings. The van der Waals surface area contributed by atoms with Gasteiger partial charge in [-0.2, -0.15) is 0 Å². The van der Waals surface area contributed by atoms with Crippen LogP contribution in [0.2, 0.25) is 0 Å². The summed E-state index contributed by atoms with van der Waals surface area (Å²) in [5, 5.41) is 1.13. The van der Waals surface area contributed by atoms with E-state index in [1.165, 1.54) is 0 Å². The standard InChI is InChI=1S/C19H29N5O/c1-2-14-25-15-13-23-9-11-24(12-10-23)19-16-5-3-4-6-17(16)21-18(22-19)7-8-20/h3-6H,2,7-15,20H2,1H3. The summed E-state index contributed by atoms with van der Waals surface area (Å²) < 4.78 is 5.61. The molecule has 1 saturated heterocycles. The van der Waals surface area contributed by atoms with Gasteiger partial charge < -0.3 is 15.4 Å². The molecule has 6 nitrogen and oxygen atoms in total. The monoisotopic (exact) mass is 343 g/mol. The molecule has 1 fully saturated rings. The molecule has 0 amide bonds. The zero-order valence-corrected chi connectivity index (χ0v) is 15.2. The maximum atomic E-state index is 5.71. The molecule has 1 aromatic heterocycles. The molecule has 3 rings (SSSR count). The van der Waals surface area contributed by atoms with Crippen LogP contribution in [0.5, 0.6) is 0 Å². The Kier molecular flexibility index (Phi) is 6.55. The number of anilines is 1. The van der Waals surface area contributed by atoms with E-state index >= 15 is 0 Å². The zero-order chi connectivity index (χ0) is 17.5. The minimum absolute atomic E-state index is 0.573. The van der Waals surface area contributed by atoms with Gasteiger partial charge in [-0.05, 0) is 25.1 Å². The first-order chi connectivity index (χ1) is 12.3. The van der Waals surface area contributed by atoms with Gasteiger partial charge in [0, 0.05) is 51.1 Å². The smallest absolute Gasteiger partial charge is 0.140 e. The molecule has 0 aliphatic carbocycles. The maximum Gasteiger partial charge on any atom is 0.140 e. The number of hydrogen-bond donors (Lipinski definition) is 1. The van der Waals surface area contributed by atoms with E-state index in [2.05, 4.69) is 39.9 Å². The first kappa shape index (κ1) is 18.0. The minimum atomic E-state index is 0.573. The van der Waals surface area contributed by atoms with E-state index < -0.39 is 0 Å². The summed E-state index contributed by atoms with van der Waals surface area (Å²) in [6.45, 7) is 9.46. The summed E-state index contributed by atoms with van der Waals surface area (Å²) in [4.78, 5) is 14.3. The molecule has 1 aromatic carbocycles. The predicted molar refractivity (Wildman–Crippen MR) is 102 cm³/mol. The molecule has 0 unspecified atom stereocenters. The Hall–Kier alpha value is -1.76. The Bertz CT molecular complexity index is 670. The second kappa shape index (κ2) is 9.08. The van der Waals surface area contributed by atoms with Crippen LogP contribution in [0.3, 0.4) is 0 Å². The highest BCUT2D eigenvalue weighted by Gasteiger charge is 2.20. The van der Waals surface area contributed by atoms with E-state index in [1.807, 2.05) is 6.07 Å². The number of nitrogens with two attached hydrogens (primary N) is 1. The largest absolute Gasteiger partial charge is 0.380 e. The predicted octanol–water partition coefficient (Wildman–Crippen LogP) is 1.68. The number of piperazine rings is 1. The lowest BCUT2D eigenvalue weighted by atomic mass is 10.2. The van der Waals surface area contributed by atoms with Gasteiger partial charge in [-0.3, -0.25) is 4.90 Å². The van der Waals surface area contributed by atoms with Gasteiger partial charge in [0.25, 0.3) is 0 Å². The van der Waals surface area contributed by atoms with Crippen LogP contribution in [0.4, 0.5) is 5.82 Å². The van der Waals surface area contributed by atoms with Gasteiger partial charge >= 0.3 is 0 Å². The van der Waals surface area contributed by atoms with Gasteiger partial charge in [0.2, 0.25) is 0 Å². The van der Waals surface area contributed by atoms with Crippen molar-refractivity contribution in [2.45, 2.75) is 19.8 Å². The van der Waals surface area contributed by atoms with E-state index in [4.69, 9.17) is 15.5 Å². The van der Waals surface area contributed by atoms with Crippen molar-refractivity contribution in [1.29, 1.82) is 0 Å². The lowest BCUT2D eigenvalue weighted by Crippen LogP contribution is -2.47. The van der Waals surface area contributed by atoms with Gasteiger partial charge in [-0.15, -0.1) is 0 Å². The molecule has 2 N–H and O–H groups in total. The van der Waals surface area contributed by atoms with E-state index in [1.54, 1.807) is 0 Å². The molecule has 6 heteroatoms.